The molecule has 0 radical (unpaired) electrons. The maximum atomic E-state index is 5.17. The maximum Gasteiger partial charge on any atom is 0.0739 e. The molecule has 0 aromatic carbocycles. The monoisotopic (exact) mass is 269 g/mol. The summed E-state index contributed by atoms with van der Waals surface area (Å²) in [6, 6.07) is 0. The van der Waals surface area contributed by atoms with Crippen molar-refractivity contribution in [1.29, 1.82) is 0 Å². The lowest BCUT2D eigenvalue weighted by molar-refractivity contribution is 0.609. The Hall–Kier alpha value is -0.790. The van der Waals surface area contributed by atoms with Crippen LogP contribution in [0.4, 0.5) is 0 Å². The van der Waals surface area contributed by atoms with E-state index in [1.54, 1.807) is 0 Å². The van der Waals surface area contributed by atoms with E-state index in [1.165, 1.54) is 5.69 Å². The molecule has 15 heavy (non-hydrogen) atoms. The van der Waals surface area contributed by atoms with Gasteiger partial charge in [-0.3, -0.25) is 4.68 Å². The molecule has 0 aliphatic heterocycles. The SMILES string of the molecule is C#CCCCNCc1c(Br)c(C)nn1C. The lowest BCUT2D eigenvalue weighted by atomic mass is 10.3. The summed E-state index contributed by atoms with van der Waals surface area (Å²) in [6.07, 6.45) is 7.02. The van der Waals surface area contributed by atoms with Crippen LogP contribution in [0.1, 0.15) is 24.2 Å². The van der Waals surface area contributed by atoms with Gasteiger partial charge in [-0.1, -0.05) is 0 Å². The molecule has 3 nitrogen and oxygen atoms in total. The molecule has 1 aromatic rings. The summed E-state index contributed by atoms with van der Waals surface area (Å²) < 4.78 is 2.99. The fraction of sp³-hybridized carbons (Fsp3) is 0.545. The Bertz CT molecular complexity index is 363. The highest BCUT2D eigenvalue weighted by molar-refractivity contribution is 9.10. The zero-order chi connectivity index (χ0) is 11.3. The van der Waals surface area contributed by atoms with Crippen molar-refractivity contribution in [3.63, 3.8) is 0 Å². The first kappa shape index (κ1) is 12.3. The molecule has 0 atom stereocenters. The quantitative estimate of drug-likeness (QED) is 0.655. The molecule has 0 unspecified atom stereocenters. The first-order valence-corrected chi connectivity index (χ1v) is 5.78. The van der Waals surface area contributed by atoms with Crippen LogP contribution in [0, 0.1) is 19.3 Å². The summed E-state index contributed by atoms with van der Waals surface area (Å²) in [7, 11) is 1.95. The Labute approximate surface area is 99.4 Å². The van der Waals surface area contributed by atoms with Gasteiger partial charge in [-0.2, -0.15) is 5.10 Å². The highest BCUT2D eigenvalue weighted by Gasteiger charge is 2.09. The van der Waals surface area contributed by atoms with Gasteiger partial charge >= 0.3 is 0 Å². The summed E-state index contributed by atoms with van der Waals surface area (Å²) in [5, 5.41) is 7.67. The van der Waals surface area contributed by atoms with E-state index in [0.717, 1.165) is 36.1 Å². The van der Waals surface area contributed by atoms with Crippen LogP contribution in [-0.4, -0.2) is 16.3 Å². The second-order valence-electron chi connectivity index (χ2n) is 3.45. The first-order chi connectivity index (χ1) is 7.16. The van der Waals surface area contributed by atoms with E-state index in [9.17, 15) is 0 Å². The van der Waals surface area contributed by atoms with Gasteiger partial charge in [0.1, 0.15) is 0 Å². The van der Waals surface area contributed by atoms with Gasteiger partial charge in [-0.15, -0.1) is 12.3 Å². The molecule has 1 N–H and O–H groups in total. The Morgan fingerprint density at radius 2 is 2.33 bits per heavy atom. The number of aromatic nitrogens is 2. The number of hydrogen-bond acceptors (Lipinski definition) is 2. The van der Waals surface area contributed by atoms with Crippen molar-refractivity contribution in [2.75, 3.05) is 6.54 Å². The topological polar surface area (TPSA) is 29.9 Å². The van der Waals surface area contributed by atoms with Crippen LogP contribution in [0.2, 0.25) is 0 Å². The van der Waals surface area contributed by atoms with E-state index in [4.69, 9.17) is 6.42 Å². The smallest absolute Gasteiger partial charge is 0.0739 e. The molecule has 1 rings (SSSR count). The molecular weight excluding hydrogens is 254 g/mol. The van der Waals surface area contributed by atoms with Gasteiger partial charge in [-0.25, -0.2) is 0 Å². The van der Waals surface area contributed by atoms with Gasteiger partial charge in [0.05, 0.1) is 15.9 Å². The number of aryl methyl sites for hydroxylation is 2. The molecule has 0 saturated heterocycles. The molecule has 1 heterocycles. The van der Waals surface area contributed by atoms with Gasteiger partial charge < -0.3 is 5.32 Å². The third kappa shape index (κ3) is 3.37. The largest absolute Gasteiger partial charge is 0.311 e. The molecule has 0 bridgehead atoms. The molecule has 0 aliphatic carbocycles. The van der Waals surface area contributed by atoms with E-state index >= 15 is 0 Å². The highest BCUT2D eigenvalue weighted by atomic mass is 79.9. The number of hydrogen-bond donors (Lipinski definition) is 1. The van der Waals surface area contributed by atoms with Gasteiger partial charge in [0.25, 0.3) is 0 Å². The second kappa shape index (κ2) is 5.94. The van der Waals surface area contributed by atoms with Crippen LogP contribution in [0.25, 0.3) is 0 Å². The van der Waals surface area contributed by atoms with Crippen molar-refractivity contribution < 1.29 is 0 Å². The number of nitrogens with zero attached hydrogens (tertiary/aromatic N) is 2. The Kier molecular flexibility index (Phi) is 4.86. The predicted octanol–water partition coefficient (Wildman–Crippen LogP) is 1.99. The summed E-state index contributed by atoms with van der Waals surface area (Å²) in [5.74, 6) is 2.63. The summed E-state index contributed by atoms with van der Waals surface area (Å²) in [4.78, 5) is 0. The number of unbranched alkanes of at least 4 members (excludes halogenated alkanes) is 1. The van der Waals surface area contributed by atoms with E-state index in [2.05, 4.69) is 32.3 Å². The average Bonchev–Trinajstić information content (AvgIpc) is 2.44. The second-order valence-corrected chi connectivity index (χ2v) is 4.25. The van der Waals surface area contributed by atoms with Crippen molar-refractivity contribution in [2.45, 2.75) is 26.3 Å². The molecule has 0 saturated carbocycles. The van der Waals surface area contributed by atoms with Crippen LogP contribution in [0.3, 0.4) is 0 Å². The summed E-state index contributed by atoms with van der Waals surface area (Å²) >= 11 is 3.53. The Balaban J connectivity index is 2.41. The van der Waals surface area contributed by atoms with Gasteiger partial charge in [-0.05, 0) is 35.8 Å². The van der Waals surface area contributed by atoms with Crippen LogP contribution >= 0.6 is 15.9 Å². The predicted molar refractivity (Wildman–Crippen MR) is 65.4 cm³/mol. The van der Waals surface area contributed by atoms with Crippen molar-refractivity contribution in [3.05, 3.63) is 15.9 Å². The summed E-state index contributed by atoms with van der Waals surface area (Å²) in [6.45, 7) is 3.76. The van der Waals surface area contributed by atoms with Crippen LogP contribution in [0.5, 0.6) is 0 Å². The number of rotatable bonds is 5. The molecule has 1 aromatic heterocycles. The molecule has 0 aliphatic rings. The van der Waals surface area contributed by atoms with Crippen molar-refractivity contribution >= 4 is 15.9 Å². The summed E-state index contributed by atoms with van der Waals surface area (Å²) in [5.41, 5.74) is 2.20. The fourth-order valence-electron chi connectivity index (χ4n) is 1.39. The fourth-order valence-corrected chi connectivity index (χ4v) is 1.87. The average molecular weight is 270 g/mol. The highest BCUT2D eigenvalue weighted by Crippen LogP contribution is 2.19. The van der Waals surface area contributed by atoms with E-state index < -0.39 is 0 Å². The molecule has 0 amide bonds. The van der Waals surface area contributed by atoms with Gasteiger partial charge in [0.2, 0.25) is 0 Å². The van der Waals surface area contributed by atoms with Crippen LogP contribution < -0.4 is 5.32 Å². The Morgan fingerprint density at radius 1 is 1.60 bits per heavy atom. The number of halogens is 1. The number of nitrogens with one attached hydrogen (secondary N) is 1. The lowest BCUT2D eigenvalue weighted by Gasteiger charge is -2.04. The van der Waals surface area contributed by atoms with Gasteiger partial charge in [0, 0.05) is 20.0 Å². The third-order valence-electron chi connectivity index (χ3n) is 2.23. The molecule has 82 valence electrons. The van der Waals surface area contributed by atoms with E-state index in [1.807, 2.05) is 18.7 Å². The minimum absolute atomic E-state index is 0.822. The zero-order valence-electron chi connectivity index (χ0n) is 9.18. The van der Waals surface area contributed by atoms with Crippen LogP contribution in [0.15, 0.2) is 4.47 Å². The van der Waals surface area contributed by atoms with Gasteiger partial charge in [0.15, 0.2) is 0 Å². The van der Waals surface area contributed by atoms with Crippen molar-refractivity contribution in [1.82, 2.24) is 15.1 Å². The molecular formula is C11H16BrN3. The third-order valence-corrected chi connectivity index (χ3v) is 3.26. The van der Waals surface area contributed by atoms with E-state index in [0.29, 0.717) is 0 Å². The minimum Gasteiger partial charge on any atom is -0.311 e. The Morgan fingerprint density at radius 3 is 2.87 bits per heavy atom. The zero-order valence-corrected chi connectivity index (χ0v) is 10.8. The standard InChI is InChI=1S/C11H16BrN3/c1-4-5-6-7-13-8-10-11(12)9(2)14-15(10)3/h1,13H,5-8H2,2-3H3. The van der Waals surface area contributed by atoms with E-state index in [-0.39, 0.29) is 0 Å². The molecule has 4 heteroatoms. The normalized spacial score (nSPS) is 10.3. The van der Waals surface area contributed by atoms with Crippen LogP contribution in [-0.2, 0) is 13.6 Å². The molecule has 0 spiro atoms. The maximum absolute atomic E-state index is 5.17. The molecule has 0 fully saturated rings. The number of terminal acetylenes is 1. The first-order valence-electron chi connectivity index (χ1n) is 4.99. The van der Waals surface area contributed by atoms with Crippen molar-refractivity contribution in [3.8, 4) is 12.3 Å². The minimum atomic E-state index is 0.822. The van der Waals surface area contributed by atoms with Crippen molar-refractivity contribution in [2.24, 2.45) is 7.05 Å². The lowest BCUT2D eigenvalue weighted by Crippen LogP contribution is -2.17.